The molecule has 10 nitrogen and oxygen atoms in total. The summed E-state index contributed by atoms with van der Waals surface area (Å²) < 4.78 is 16.8. The molecule has 33 heavy (non-hydrogen) atoms. The molecule has 5 aromatic rings. The van der Waals surface area contributed by atoms with E-state index in [1.807, 2.05) is 6.07 Å². The molecule has 2 N–H and O–H groups in total. The molecule has 4 heterocycles. The number of hydrogen-bond donors (Lipinski definition) is 2. The SMILES string of the molecule is CC(C)(C)c1cc(OCc2nnc3sc(=S)[nH]n23)c(Cl)cc1OCc1nnc2sc(=S)[nH]n12. The van der Waals surface area contributed by atoms with Crippen LogP contribution in [-0.2, 0) is 18.6 Å². The maximum absolute atomic E-state index is 6.55. The van der Waals surface area contributed by atoms with Crippen molar-refractivity contribution in [3.63, 3.8) is 0 Å². The normalized spacial score (nSPS) is 12.1. The molecule has 0 fully saturated rings. The lowest BCUT2D eigenvalue weighted by Gasteiger charge is -2.24. The first kappa shape index (κ1) is 22.4. The van der Waals surface area contributed by atoms with Gasteiger partial charge in [-0.1, -0.05) is 55.0 Å². The number of aromatic amines is 2. The molecule has 0 atom stereocenters. The largest absolute Gasteiger partial charge is 0.485 e. The lowest BCUT2D eigenvalue weighted by Crippen LogP contribution is -2.15. The number of nitrogens with zero attached hydrogens (tertiary/aromatic N) is 6. The molecular formula is C18H17ClN8O2S4. The van der Waals surface area contributed by atoms with Crippen LogP contribution in [0.25, 0.3) is 9.92 Å². The number of H-pyrrole nitrogens is 2. The average Bonchev–Trinajstić information content (AvgIpc) is 3.46. The van der Waals surface area contributed by atoms with E-state index in [2.05, 4.69) is 51.4 Å². The van der Waals surface area contributed by atoms with Gasteiger partial charge in [0, 0.05) is 11.6 Å². The van der Waals surface area contributed by atoms with Crippen LogP contribution in [0.15, 0.2) is 12.1 Å². The van der Waals surface area contributed by atoms with E-state index in [9.17, 15) is 0 Å². The number of hydrogen-bond acceptors (Lipinski definition) is 10. The van der Waals surface area contributed by atoms with Crippen molar-refractivity contribution >= 4 is 68.6 Å². The Labute approximate surface area is 210 Å². The van der Waals surface area contributed by atoms with Crippen molar-refractivity contribution in [1.82, 2.24) is 39.6 Å². The van der Waals surface area contributed by atoms with Gasteiger partial charge >= 0.3 is 0 Å². The van der Waals surface area contributed by atoms with Crippen molar-refractivity contribution in [2.24, 2.45) is 0 Å². The van der Waals surface area contributed by atoms with E-state index in [1.165, 1.54) is 22.7 Å². The molecule has 5 rings (SSSR count). The molecule has 0 amide bonds. The minimum Gasteiger partial charge on any atom is -0.485 e. The highest BCUT2D eigenvalue weighted by molar-refractivity contribution is 7.73. The van der Waals surface area contributed by atoms with Crippen LogP contribution in [-0.4, -0.2) is 39.6 Å². The molecular weight excluding hydrogens is 524 g/mol. The van der Waals surface area contributed by atoms with E-state index < -0.39 is 0 Å². The number of benzene rings is 1. The van der Waals surface area contributed by atoms with Gasteiger partial charge in [0.2, 0.25) is 9.92 Å². The highest BCUT2D eigenvalue weighted by atomic mass is 35.5. The van der Waals surface area contributed by atoms with Crippen LogP contribution in [0.5, 0.6) is 11.5 Å². The summed E-state index contributed by atoms with van der Waals surface area (Å²) >= 11 is 19.6. The second kappa shape index (κ2) is 8.43. The van der Waals surface area contributed by atoms with Crippen molar-refractivity contribution in [3.05, 3.63) is 42.3 Å². The van der Waals surface area contributed by atoms with Gasteiger partial charge in [0.15, 0.2) is 19.6 Å². The third kappa shape index (κ3) is 4.40. The molecule has 1 aromatic carbocycles. The molecule has 0 saturated carbocycles. The van der Waals surface area contributed by atoms with Crippen molar-refractivity contribution in [1.29, 1.82) is 0 Å². The highest BCUT2D eigenvalue weighted by Crippen LogP contribution is 2.39. The fourth-order valence-electron chi connectivity index (χ4n) is 3.17. The molecule has 15 heteroatoms. The van der Waals surface area contributed by atoms with Crippen LogP contribution in [0, 0.1) is 7.91 Å². The van der Waals surface area contributed by atoms with Crippen LogP contribution in [0.1, 0.15) is 38.0 Å². The summed E-state index contributed by atoms with van der Waals surface area (Å²) in [5, 5.41) is 23.0. The summed E-state index contributed by atoms with van der Waals surface area (Å²) in [6.45, 7) is 6.63. The van der Waals surface area contributed by atoms with E-state index in [-0.39, 0.29) is 18.6 Å². The Morgan fingerprint density at radius 1 is 0.879 bits per heavy atom. The van der Waals surface area contributed by atoms with Crippen LogP contribution in [0.3, 0.4) is 0 Å². The average molecular weight is 541 g/mol. The van der Waals surface area contributed by atoms with E-state index in [4.69, 9.17) is 45.5 Å². The first-order valence-corrected chi connectivity index (χ1v) is 12.5. The summed E-state index contributed by atoms with van der Waals surface area (Å²) in [7, 11) is 0. The number of halogens is 1. The van der Waals surface area contributed by atoms with Gasteiger partial charge in [0.05, 0.1) is 5.02 Å². The zero-order chi connectivity index (χ0) is 23.3. The Bertz CT molecular complexity index is 1580. The molecule has 0 bridgehead atoms. The van der Waals surface area contributed by atoms with E-state index in [1.54, 1.807) is 15.1 Å². The van der Waals surface area contributed by atoms with E-state index in [0.717, 1.165) is 5.56 Å². The number of aromatic nitrogens is 8. The van der Waals surface area contributed by atoms with E-state index >= 15 is 0 Å². The van der Waals surface area contributed by atoms with E-state index in [0.29, 0.717) is 46.0 Å². The number of nitrogens with one attached hydrogen (secondary N) is 2. The molecule has 0 aliphatic rings. The topological polar surface area (TPSA) is 110 Å². The number of fused-ring (bicyclic) bond motifs is 2. The fraction of sp³-hybridized carbons (Fsp3) is 0.333. The lowest BCUT2D eigenvalue weighted by molar-refractivity contribution is 0.277. The second-order valence-electron chi connectivity index (χ2n) is 8.08. The first-order valence-electron chi connectivity index (χ1n) is 9.65. The van der Waals surface area contributed by atoms with Gasteiger partial charge < -0.3 is 9.47 Å². The Kier molecular flexibility index (Phi) is 5.73. The summed E-state index contributed by atoms with van der Waals surface area (Å²) in [5.74, 6) is 2.36. The lowest BCUT2D eigenvalue weighted by atomic mass is 9.86. The summed E-state index contributed by atoms with van der Waals surface area (Å²) in [6.07, 6.45) is 0. The molecule has 0 saturated heterocycles. The Morgan fingerprint density at radius 2 is 1.39 bits per heavy atom. The second-order valence-corrected chi connectivity index (χ2v) is 11.8. The third-order valence-electron chi connectivity index (χ3n) is 4.73. The molecule has 0 aliphatic carbocycles. The van der Waals surface area contributed by atoms with Gasteiger partial charge in [-0.3, -0.25) is 10.2 Å². The van der Waals surface area contributed by atoms with Crippen molar-refractivity contribution in [3.8, 4) is 11.5 Å². The van der Waals surface area contributed by atoms with Crippen molar-refractivity contribution < 1.29 is 9.47 Å². The zero-order valence-electron chi connectivity index (χ0n) is 17.6. The van der Waals surface area contributed by atoms with Crippen LogP contribution >= 0.6 is 58.7 Å². The van der Waals surface area contributed by atoms with Gasteiger partial charge in [0.25, 0.3) is 0 Å². The van der Waals surface area contributed by atoms with Gasteiger partial charge in [-0.15, -0.1) is 20.4 Å². The third-order valence-corrected chi connectivity index (χ3v) is 7.16. The number of ether oxygens (including phenoxy) is 2. The fourth-order valence-corrected chi connectivity index (χ4v) is 5.27. The van der Waals surface area contributed by atoms with Crippen LogP contribution in [0.2, 0.25) is 5.02 Å². The quantitative estimate of drug-likeness (QED) is 0.285. The molecule has 0 aliphatic heterocycles. The number of rotatable bonds is 6. The maximum Gasteiger partial charge on any atom is 0.233 e. The molecule has 0 spiro atoms. The Morgan fingerprint density at radius 3 is 1.91 bits per heavy atom. The monoisotopic (exact) mass is 540 g/mol. The van der Waals surface area contributed by atoms with Gasteiger partial charge in [-0.05, 0) is 35.9 Å². The standard InChI is InChI=1S/C18H17ClN8O2S4/c1-18(2,3)8-4-11(29-7-13-21-23-15-27(13)25-17(31)33-15)9(19)5-10(8)28-6-12-20-22-14-26(12)24-16(30)32-14/h4-5H,6-7H2,1-3H3,(H,24,30)(H,25,31). The Hall–Kier alpha value is -2.39. The molecule has 172 valence electrons. The minimum atomic E-state index is -0.235. The maximum atomic E-state index is 6.55. The minimum absolute atomic E-state index is 0.168. The summed E-state index contributed by atoms with van der Waals surface area (Å²) in [4.78, 5) is 1.36. The molecule has 0 radical (unpaired) electrons. The predicted molar refractivity (Wildman–Crippen MR) is 131 cm³/mol. The van der Waals surface area contributed by atoms with Crippen molar-refractivity contribution in [2.75, 3.05) is 0 Å². The van der Waals surface area contributed by atoms with Gasteiger partial charge in [0.1, 0.15) is 24.7 Å². The summed E-state index contributed by atoms with van der Waals surface area (Å²) in [5.41, 5.74) is 0.697. The smallest absolute Gasteiger partial charge is 0.233 e. The van der Waals surface area contributed by atoms with Gasteiger partial charge in [-0.25, -0.2) is 9.03 Å². The Balaban J connectivity index is 1.40. The van der Waals surface area contributed by atoms with Crippen LogP contribution < -0.4 is 9.47 Å². The van der Waals surface area contributed by atoms with Crippen molar-refractivity contribution in [2.45, 2.75) is 39.4 Å². The highest BCUT2D eigenvalue weighted by Gasteiger charge is 2.23. The molecule has 4 aromatic heterocycles. The summed E-state index contributed by atoms with van der Waals surface area (Å²) in [6, 6.07) is 3.65. The first-order chi connectivity index (χ1) is 15.7. The predicted octanol–water partition coefficient (Wildman–Crippen LogP) is 5.12. The zero-order valence-corrected chi connectivity index (χ0v) is 21.6. The van der Waals surface area contributed by atoms with Crippen LogP contribution in [0.4, 0.5) is 0 Å². The van der Waals surface area contributed by atoms with Gasteiger partial charge in [-0.2, -0.15) is 0 Å². The molecule has 0 unspecified atom stereocenters.